The third-order valence-electron chi connectivity index (χ3n) is 6.98. The second-order valence-electron chi connectivity index (χ2n) is 12.9. The van der Waals surface area contributed by atoms with Gasteiger partial charge in [0.15, 0.2) is 17.7 Å². The molecule has 0 spiro atoms. The van der Waals surface area contributed by atoms with Crippen molar-refractivity contribution in [2.75, 3.05) is 54.9 Å². The lowest BCUT2D eigenvalue weighted by Crippen LogP contribution is -2.48. The van der Waals surface area contributed by atoms with Gasteiger partial charge >= 0.3 is 6.18 Å². The highest BCUT2D eigenvalue weighted by Crippen LogP contribution is 2.30. The average Bonchev–Trinajstić information content (AvgIpc) is 3.68. The van der Waals surface area contributed by atoms with Crippen LogP contribution in [0.25, 0.3) is 0 Å². The summed E-state index contributed by atoms with van der Waals surface area (Å²) in [6.45, 7) is 14.6. The van der Waals surface area contributed by atoms with Crippen molar-refractivity contribution in [2.24, 2.45) is 0 Å². The molecule has 2 unspecified atom stereocenters. The van der Waals surface area contributed by atoms with Crippen LogP contribution in [0.5, 0.6) is 0 Å². The molecule has 2 atom stereocenters. The summed E-state index contributed by atoms with van der Waals surface area (Å²) in [4.78, 5) is 29.9. The summed E-state index contributed by atoms with van der Waals surface area (Å²) >= 11 is 0. The number of anilines is 3. The van der Waals surface area contributed by atoms with E-state index in [9.17, 15) is 22.8 Å². The topological polar surface area (TPSA) is 157 Å². The molecule has 0 aliphatic carbocycles. The van der Waals surface area contributed by atoms with Gasteiger partial charge in [-0.25, -0.2) is 4.98 Å². The zero-order valence-corrected chi connectivity index (χ0v) is 27.9. The van der Waals surface area contributed by atoms with Crippen LogP contribution in [-0.2, 0) is 36.1 Å². The minimum absolute atomic E-state index is 0. The number of nitrogens with one attached hydrogen (secondary N) is 3. The maximum Gasteiger partial charge on any atom is 0.417 e. The van der Waals surface area contributed by atoms with Gasteiger partial charge < -0.3 is 39.4 Å². The number of aromatic nitrogens is 3. The van der Waals surface area contributed by atoms with Crippen LogP contribution in [0.2, 0.25) is 0 Å². The van der Waals surface area contributed by atoms with Crippen LogP contribution in [0.1, 0.15) is 58.6 Å². The number of pyridine rings is 1. The van der Waals surface area contributed by atoms with E-state index < -0.39 is 29.9 Å². The number of ether oxygens (including phenoxy) is 2. The number of carbonyl (C=O) groups excluding carboxylic acids is 2. The highest BCUT2D eigenvalue weighted by atomic mass is 35.5. The summed E-state index contributed by atoms with van der Waals surface area (Å²) in [5, 5.41) is 16.1. The number of morpholine rings is 2. The molecule has 47 heavy (non-hydrogen) atoms. The molecule has 3 aromatic heterocycles. The van der Waals surface area contributed by atoms with E-state index in [2.05, 4.69) is 31.2 Å². The molecule has 0 bridgehead atoms. The molecule has 0 saturated carbocycles. The van der Waals surface area contributed by atoms with Crippen LogP contribution in [0.15, 0.2) is 39.5 Å². The summed E-state index contributed by atoms with van der Waals surface area (Å²) in [7, 11) is 0. The van der Waals surface area contributed by atoms with Gasteiger partial charge in [-0.3, -0.25) is 9.59 Å². The standard InChI is InChI=1S/C18H21F3N4O3.C12H19N3O3.ClH/c1-17(2,3)13-8-14(24-28-13)23-16(26)12-10-25(6-7-27-12)15-5-4-11(9-22-15)18(19,20)21;1-12(2,3)9-6-10(15-18-9)14-11(16)8-7-13-4-5-17-8;/h4-5,8-9,12H,6-7,10H2,1-3H3,(H,23,24,26);6,8,13H,4-5,7H2,1-3H3,(H,14,15,16);1H. The largest absolute Gasteiger partial charge is 0.417 e. The van der Waals surface area contributed by atoms with E-state index in [4.69, 9.17) is 18.5 Å². The fraction of sp³-hybridized carbons (Fsp3) is 0.567. The summed E-state index contributed by atoms with van der Waals surface area (Å²) in [5.41, 5.74) is -1.19. The molecule has 5 rings (SSSR count). The van der Waals surface area contributed by atoms with E-state index in [1.165, 1.54) is 6.07 Å². The number of hydrogen-bond donors (Lipinski definition) is 3. The Morgan fingerprint density at radius 2 is 1.43 bits per heavy atom. The summed E-state index contributed by atoms with van der Waals surface area (Å²) in [6, 6.07) is 5.65. The second-order valence-corrected chi connectivity index (χ2v) is 12.9. The summed E-state index contributed by atoms with van der Waals surface area (Å²) in [5.74, 6) is 1.82. The lowest BCUT2D eigenvalue weighted by atomic mass is 9.93. The monoisotopic (exact) mass is 687 g/mol. The van der Waals surface area contributed by atoms with Crippen LogP contribution < -0.4 is 20.9 Å². The molecule has 17 heteroatoms. The molecule has 2 aliphatic rings. The third kappa shape index (κ3) is 10.6. The average molecular weight is 688 g/mol. The zero-order chi connectivity index (χ0) is 33.7. The van der Waals surface area contributed by atoms with Gasteiger partial charge in [0.25, 0.3) is 11.8 Å². The van der Waals surface area contributed by atoms with Gasteiger partial charge in [0.1, 0.15) is 23.4 Å². The zero-order valence-electron chi connectivity index (χ0n) is 27.1. The molecule has 2 saturated heterocycles. The molecule has 3 aromatic rings. The van der Waals surface area contributed by atoms with Gasteiger partial charge in [0.05, 0.1) is 25.3 Å². The Morgan fingerprint density at radius 3 is 1.87 bits per heavy atom. The number of halogens is 4. The van der Waals surface area contributed by atoms with Crippen molar-refractivity contribution >= 4 is 41.7 Å². The number of carbonyl (C=O) groups is 2. The lowest BCUT2D eigenvalue weighted by molar-refractivity contribution is -0.137. The predicted octanol–water partition coefficient (Wildman–Crippen LogP) is 4.55. The van der Waals surface area contributed by atoms with Gasteiger partial charge in [-0.05, 0) is 12.1 Å². The normalized spacial score (nSPS) is 18.8. The third-order valence-corrected chi connectivity index (χ3v) is 6.98. The van der Waals surface area contributed by atoms with Crippen molar-refractivity contribution in [3.8, 4) is 0 Å². The number of hydrogen-bond acceptors (Lipinski definition) is 11. The predicted molar refractivity (Wildman–Crippen MR) is 169 cm³/mol. The number of nitrogens with zero attached hydrogens (tertiary/aromatic N) is 4. The summed E-state index contributed by atoms with van der Waals surface area (Å²) < 4.78 is 59.3. The molecule has 13 nitrogen and oxygen atoms in total. The molecule has 0 aromatic carbocycles. The molecule has 2 aliphatic heterocycles. The molecule has 3 N–H and O–H groups in total. The first kappa shape index (κ1) is 37.7. The summed E-state index contributed by atoms with van der Waals surface area (Å²) in [6.07, 6.45) is -4.94. The van der Waals surface area contributed by atoms with E-state index in [0.717, 1.165) is 24.6 Å². The van der Waals surface area contributed by atoms with Crippen LogP contribution in [0.4, 0.5) is 30.6 Å². The molecular weight excluding hydrogens is 647 g/mol. The van der Waals surface area contributed by atoms with Crippen LogP contribution in [-0.4, -0.2) is 78.7 Å². The number of amides is 2. The first-order valence-electron chi connectivity index (χ1n) is 14.8. The molecule has 5 heterocycles. The SMILES string of the molecule is CC(C)(C)c1cc(NC(=O)C2CN(c3ccc(C(F)(F)F)cn3)CCO2)no1.CC(C)(C)c1cc(NC(=O)C2CNCCO2)no1.Cl. The highest BCUT2D eigenvalue weighted by molar-refractivity contribution is 5.94. The Bertz CT molecular complexity index is 1460. The Kier molecular flexibility index (Phi) is 12.4. The van der Waals surface area contributed by atoms with E-state index in [1.54, 1.807) is 17.0 Å². The fourth-order valence-electron chi connectivity index (χ4n) is 4.28. The first-order chi connectivity index (χ1) is 21.5. The van der Waals surface area contributed by atoms with Gasteiger partial charge in [0.2, 0.25) is 0 Å². The van der Waals surface area contributed by atoms with Gasteiger partial charge in [-0.15, -0.1) is 12.4 Å². The van der Waals surface area contributed by atoms with Crippen molar-refractivity contribution in [1.82, 2.24) is 20.6 Å². The Balaban J connectivity index is 0.000000274. The molecule has 2 amide bonds. The number of rotatable bonds is 5. The van der Waals surface area contributed by atoms with Crippen molar-refractivity contribution in [2.45, 2.75) is 70.8 Å². The van der Waals surface area contributed by atoms with E-state index in [0.29, 0.717) is 37.1 Å². The Labute approximate surface area is 276 Å². The molecule has 0 radical (unpaired) electrons. The Morgan fingerprint density at radius 1 is 0.872 bits per heavy atom. The molecular formula is C30H41ClF3N7O6. The van der Waals surface area contributed by atoms with E-state index in [-0.39, 0.29) is 48.1 Å². The minimum atomic E-state index is -4.44. The van der Waals surface area contributed by atoms with Crippen LogP contribution >= 0.6 is 12.4 Å². The maximum absolute atomic E-state index is 12.7. The van der Waals surface area contributed by atoms with Gasteiger partial charge in [-0.2, -0.15) is 13.2 Å². The first-order valence-corrected chi connectivity index (χ1v) is 14.8. The van der Waals surface area contributed by atoms with Crippen molar-refractivity contribution in [3.05, 3.63) is 47.5 Å². The van der Waals surface area contributed by atoms with Crippen molar-refractivity contribution < 1.29 is 41.3 Å². The van der Waals surface area contributed by atoms with Crippen molar-refractivity contribution in [1.29, 1.82) is 0 Å². The number of alkyl halides is 3. The highest BCUT2D eigenvalue weighted by Gasteiger charge is 2.32. The van der Waals surface area contributed by atoms with Crippen molar-refractivity contribution in [3.63, 3.8) is 0 Å². The van der Waals surface area contributed by atoms with E-state index >= 15 is 0 Å². The second kappa shape index (κ2) is 15.4. The molecule has 2 fully saturated rings. The minimum Gasteiger partial charge on any atom is -0.366 e. The smallest absolute Gasteiger partial charge is 0.366 e. The Hall–Kier alpha value is -3.73. The fourth-order valence-corrected chi connectivity index (χ4v) is 4.28. The maximum atomic E-state index is 12.7. The van der Waals surface area contributed by atoms with Gasteiger partial charge in [-0.1, -0.05) is 51.9 Å². The van der Waals surface area contributed by atoms with Gasteiger partial charge in [0, 0.05) is 48.8 Å². The quantitative estimate of drug-likeness (QED) is 0.346. The van der Waals surface area contributed by atoms with Crippen LogP contribution in [0.3, 0.4) is 0 Å². The lowest BCUT2D eigenvalue weighted by Gasteiger charge is -2.32. The van der Waals surface area contributed by atoms with E-state index in [1.807, 2.05) is 41.5 Å². The van der Waals surface area contributed by atoms with Crippen LogP contribution in [0, 0.1) is 0 Å². The molecule has 260 valence electrons.